The van der Waals surface area contributed by atoms with E-state index in [0.717, 1.165) is 18.7 Å². The summed E-state index contributed by atoms with van der Waals surface area (Å²) in [7, 11) is 0. The molecule has 6 heteroatoms. The monoisotopic (exact) mass is 297 g/mol. The maximum absolute atomic E-state index is 9.50. The molecular formula is C15H15N5S. The summed E-state index contributed by atoms with van der Waals surface area (Å²) in [5, 5.41) is 19.5. The number of thioether (sulfide) groups is 1. The van der Waals surface area contributed by atoms with Crippen LogP contribution in [0.1, 0.15) is 24.5 Å². The maximum atomic E-state index is 9.50. The van der Waals surface area contributed by atoms with E-state index < -0.39 is 0 Å². The van der Waals surface area contributed by atoms with Crippen molar-refractivity contribution in [3.05, 3.63) is 29.5 Å². The Bertz CT molecular complexity index is 749. The lowest BCUT2D eigenvalue weighted by Crippen LogP contribution is -2.06. The lowest BCUT2D eigenvalue weighted by Gasteiger charge is -2.14. The van der Waals surface area contributed by atoms with Crippen LogP contribution in [0.5, 0.6) is 0 Å². The third-order valence-corrected chi connectivity index (χ3v) is 3.84. The largest absolute Gasteiger partial charge is 0.383 e. The molecule has 0 spiro atoms. The second kappa shape index (κ2) is 6.34. The first kappa shape index (κ1) is 15.0. The average molecular weight is 297 g/mol. The minimum absolute atomic E-state index is 0.167. The fraction of sp³-hybridized carbons (Fsp3) is 0.267. The van der Waals surface area contributed by atoms with Crippen molar-refractivity contribution in [1.82, 2.24) is 9.55 Å². The number of nitrogens with zero attached hydrogens (tertiary/aromatic N) is 4. The van der Waals surface area contributed by atoms with Crippen molar-refractivity contribution in [3.8, 4) is 23.4 Å². The molecule has 2 aromatic heterocycles. The number of nitriles is 2. The highest BCUT2D eigenvalue weighted by Crippen LogP contribution is 2.35. The first-order valence-corrected chi connectivity index (χ1v) is 7.73. The van der Waals surface area contributed by atoms with Gasteiger partial charge in [-0.3, -0.25) is 0 Å². The molecule has 0 aliphatic heterocycles. The number of pyridine rings is 1. The lowest BCUT2D eigenvalue weighted by molar-refractivity contribution is 0.689. The Morgan fingerprint density at radius 2 is 2.05 bits per heavy atom. The standard InChI is InChI=1S/C15H15N5S/c1-3-6-20-7-4-5-12(20)13-10(8-16)14(18)19-15(21-2)11(13)9-17/h4-5,7H,3,6H2,1-2H3,(H2,18,19). The van der Waals surface area contributed by atoms with Crippen LogP contribution >= 0.6 is 11.8 Å². The molecule has 0 aliphatic carbocycles. The van der Waals surface area contributed by atoms with Crippen molar-refractivity contribution >= 4 is 17.6 Å². The summed E-state index contributed by atoms with van der Waals surface area (Å²) in [4.78, 5) is 4.17. The van der Waals surface area contributed by atoms with Gasteiger partial charge < -0.3 is 10.3 Å². The number of nitrogen functional groups attached to an aromatic ring is 1. The summed E-state index contributed by atoms with van der Waals surface area (Å²) in [6.07, 6.45) is 4.74. The molecule has 2 rings (SSSR count). The van der Waals surface area contributed by atoms with Crippen molar-refractivity contribution in [2.24, 2.45) is 0 Å². The van der Waals surface area contributed by atoms with Crippen LogP contribution in [0, 0.1) is 22.7 Å². The van der Waals surface area contributed by atoms with E-state index in [-0.39, 0.29) is 11.4 Å². The van der Waals surface area contributed by atoms with Gasteiger partial charge in [0.25, 0.3) is 0 Å². The molecule has 0 fully saturated rings. The van der Waals surface area contributed by atoms with E-state index in [4.69, 9.17) is 5.73 Å². The summed E-state index contributed by atoms with van der Waals surface area (Å²) < 4.78 is 2.03. The zero-order chi connectivity index (χ0) is 15.4. The van der Waals surface area contributed by atoms with Crippen LogP contribution in [-0.4, -0.2) is 15.8 Å². The second-order valence-electron chi connectivity index (χ2n) is 4.44. The van der Waals surface area contributed by atoms with Crippen molar-refractivity contribution in [2.45, 2.75) is 24.9 Å². The third kappa shape index (κ3) is 2.58. The van der Waals surface area contributed by atoms with Gasteiger partial charge in [0, 0.05) is 18.3 Å². The zero-order valence-corrected chi connectivity index (χ0v) is 12.7. The van der Waals surface area contributed by atoms with E-state index >= 15 is 0 Å². The molecule has 0 saturated heterocycles. The van der Waals surface area contributed by atoms with Gasteiger partial charge in [-0.05, 0) is 24.8 Å². The highest BCUT2D eigenvalue weighted by molar-refractivity contribution is 7.98. The van der Waals surface area contributed by atoms with E-state index in [9.17, 15) is 10.5 Å². The Morgan fingerprint density at radius 3 is 2.62 bits per heavy atom. The van der Waals surface area contributed by atoms with Gasteiger partial charge in [0.1, 0.15) is 28.5 Å². The third-order valence-electron chi connectivity index (χ3n) is 3.16. The van der Waals surface area contributed by atoms with Gasteiger partial charge in [0.15, 0.2) is 0 Å². The lowest BCUT2D eigenvalue weighted by atomic mass is 10.0. The first-order valence-electron chi connectivity index (χ1n) is 6.51. The van der Waals surface area contributed by atoms with E-state index in [1.807, 2.05) is 29.2 Å². The molecule has 0 unspecified atom stereocenters. The van der Waals surface area contributed by atoms with Crippen molar-refractivity contribution < 1.29 is 0 Å². The van der Waals surface area contributed by atoms with Gasteiger partial charge >= 0.3 is 0 Å². The Hall–Kier alpha value is -2.44. The molecule has 2 heterocycles. The zero-order valence-electron chi connectivity index (χ0n) is 11.9. The Morgan fingerprint density at radius 1 is 1.33 bits per heavy atom. The van der Waals surface area contributed by atoms with E-state index in [2.05, 4.69) is 24.0 Å². The van der Waals surface area contributed by atoms with Crippen LogP contribution in [0.25, 0.3) is 11.3 Å². The smallest absolute Gasteiger partial charge is 0.143 e. The number of aromatic nitrogens is 2. The maximum Gasteiger partial charge on any atom is 0.143 e. The topological polar surface area (TPSA) is 91.4 Å². The van der Waals surface area contributed by atoms with Crippen molar-refractivity contribution in [1.29, 1.82) is 10.5 Å². The van der Waals surface area contributed by atoms with Crippen molar-refractivity contribution in [3.63, 3.8) is 0 Å². The molecule has 0 amide bonds. The van der Waals surface area contributed by atoms with Crippen LogP contribution in [0.3, 0.4) is 0 Å². The van der Waals surface area contributed by atoms with Crippen LogP contribution in [-0.2, 0) is 6.54 Å². The van der Waals surface area contributed by atoms with E-state index in [1.165, 1.54) is 11.8 Å². The van der Waals surface area contributed by atoms with Gasteiger partial charge in [0.05, 0.1) is 11.3 Å². The first-order chi connectivity index (χ1) is 10.2. The quantitative estimate of drug-likeness (QED) is 0.876. The molecule has 21 heavy (non-hydrogen) atoms. The number of hydrogen-bond donors (Lipinski definition) is 1. The summed E-state index contributed by atoms with van der Waals surface area (Å²) in [5.41, 5.74) is 7.97. The predicted octanol–water partition coefficient (Wildman–Crippen LogP) is 3.01. The van der Waals surface area contributed by atoms with Gasteiger partial charge in [-0.1, -0.05) is 6.92 Å². The molecule has 106 valence electrons. The molecule has 0 atom stereocenters. The number of rotatable bonds is 4. The molecular weight excluding hydrogens is 282 g/mol. The molecule has 0 aliphatic rings. The Balaban J connectivity index is 2.83. The average Bonchev–Trinajstić information content (AvgIpc) is 2.94. The normalized spacial score (nSPS) is 10.1. The molecule has 5 nitrogen and oxygen atoms in total. The number of nitrogens with two attached hydrogens (primary N) is 1. The fourth-order valence-electron chi connectivity index (χ4n) is 2.28. The molecule has 0 radical (unpaired) electrons. The molecule has 0 bridgehead atoms. The van der Waals surface area contributed by atoms with Gasteiger partial charge in [-0.15, -0.1) is 11.8 Å². The summed E-state index contributed by atoms with van der Waals surface area (Å²) >= 11 is 1.35. The van der Waals surface area contributed by atoms with Gasteiger partial charge in [0.2, 0.25) is 0 Å². The molecule has 0 aromatic carbocycles. The number of hydrogen-bond acceptors (Lipinski definition) is 5. The van der Waals surface area contributed by atoms with Crippen LogP contribution in [0.2, 0.25) is 0 Å². The molecule has 2 N–H and O–H groups in total. The van der Waals surface area contributed by atoms with E-state index in [0.29, 0.717) is 16.2 Å². The minimum Gasteiger partial charge on any atom is -0.383 e. The predicted molar refractivity (Wildman–Crippen MR) is 83.6 cm³/mol. The fourth-order valence-corrected chi connectivity index (χ4v) is 2.82. The van der Waals surface area contributed by atoms with Crippen LogP contribution in [0.15, 0.2) is 23.4 Å². The van der Waals surface area contributed by atoms with Gasteiger partial charge in [-0.2, -0.15) is 10.5 Å². The minimum atomic E-state index is 0.167. The van der Waals surface area contributed by atoms with Crippen molar-refractivity contribution in [2.75, 3.05) is 12.0 Å². The molecule has 0 saturated carbocycles. The highest BCUT2D eigenvalue weighted by atomic mass is 32.2. The second-order valence-corrected chi connectivity index (χ2v) is 5.24. The summed E-state index contributed by atoms with van der Waals surface area (Å²) in [6, 6.07) is 8.06. The number of aryl methyl sites for hydroxylation is 1. The number of anilines is 1. The van der Waals surface area contributed by atoms with E-state index in [1.54, 1.807) is 0 Å². The molecule has 2 aromatic rings. The Kier molecular flexibility index (Phi) is 4.52. The van der Waals surface area contributed by atoms with Gasteiger partial charge in [-0.25, -0.2) is 4.98 Å². The van der Waals surface area contributed by atoms with Crippen LogP contribution < -0.4 is 5.73 Å². The summed E-state index contributed by atoms with van der Waals surface area (Å²) in [6.45, 7) is 2.89. The summed E-state index contributed by atoms with van der Waals surface area (Å²) in [5.74, 6) is 0.167. The Labute approximate surface area is 128 Å². The SMILES string of the molecule is CCCn1cccc1-c1c(C#N)c(N)nc(SC)c1C#N. The highest BCUT2D eigenvalue weighted by Gasteiger charge is 2.21. The van der Waals surface area contributed by atoms with Crippen LogP contribution in [0.4, 0.5) is 5.82 Å².